The van der Waals surface area contributed by atoms with E-state index in [1.54, 1.807) is 11.3 Å². The summed E-state index contributed by atoms with van der Waals surface area (Å²) < 4.78 is 5.39. The predicted octanol–water partition coefficient (Wildman–Crippen LogP) is 4.93. The smallest absolute Gasteiger partial charge is 0.167 e. The molecule has 0 spiro atoms. The van der Waals surface area contributed by atoms with E-state index in [2.05, 4.69) is 51.9 Å². The second-order valence-corrected chi connectivity index (χ2v) is 7.97. The van der Waals surface area contributed by atoms with Crippen molar-refractivity contribution in [3.8, 4) is 22.3 Å². The van der Waals surface area contributed by atoms with Crippen LogP contribution < -0.4 is 0 Å². The molecule has 4 heterocycles. The molecule has 1 aliphatic rings. The topological polar surface area (TPSA) is 50.8 Å². The maximum absolute atomic E-state index is 5.39. The van der Waals surface area contributed by atoms with Gasteiger partial charge < -0.3 is 9.72 Å². The molecule has 3 aromatic heterocycles. The van der Waals surface area contributed by atoms with Crippen molar-refractivity contribution in [3.05, 3.63) is 47.4 Å². The number of benzene rings is 1. The molecule has 0 amide bonds. The van der Waals surface area contributed by atoms with Gasteiger partial charge in [0.15, 0.2) is 5.01 Å². The number of nitrogens with one attached hydrogen (secondary N) is 1. The van der Waals surface area contributed by atoms with Gasteiger partial charge in [0.25, 0.3) is 0 Å². The number of ether oxygens (including phenoxy) is 1. The van der Waals surface area contributed by atoms with Gasteiger partial charge in [-0.05, 0) is 48.3 Å². The average molecular weight is 373 g/mol. The van der Waals surface area contributed by atoms with Gasteiger partial charge in [-0.2, -0.15) is 0 Å². The van der Waals surface area contributed by atoms with Crippen LogP contribution >= 0.6 is 11.3 Å². The first-order valence-corrected chi connectivity index (χ1v) is 10.0. The Morgan fingerprint density at radius 2 is 2.07 bits per heavy atom. The fourth-order valence-electron chi connectivity index (χ4n) is 3.59. The van der Waals surface area contributed by atoms with Crippen molar-refractivity contribution in [2.24, 2.45) is 5.92 Å². The molecule has 0 bridgehead atoms. The van der Waals surface area contributed by atoms with Crippen LogP contribution in [-0.4, -0.2) is 28.2 Å². The van der Waals surface area contributed by atoms with E-state index in [1.807, 2.05) is 18.6 Å². The molecule has 1 saturated heterocycles. The van der Waals surface area contributed by atoms with Crippen molar-refractivity contribution >= 4 is 33.1 Å². The van der Waals surface area contributed by atoms with Gasteiger partial charge >= 0.3 is 0 Å². The lowest BCUT2D eigenvalue weighted by molar-refractivity contribution is 0.0807. The minimum Gasteiger partial charge on any atom is -0.381 e. The summed E-state index contributed by atoms with van der Waals surface area (Å²) in [7, 11) is 0. The van der Waals surface area contributed by atoms with E-state index in [-0.39, 0.29) is 0 Å². The third-order valence-corrected chi connectivity index (χ3v) is 6.07. The minimum absolute atomic E-state index is 0.434. The number of fused-ring (bicyclic) bond motifs is 3. The Bertz CT molecular complexity index is 1190. The lowest BCUT2D eigenvalue weighted by Crippen LogP contribution is -2.13. The third-order valence-electron chi connectivity index (χ3n) is 5.11. The van der Waals surface area contributed by atoms with Crippen LogP contribution in [0.1, 0.15) is 23.4 Å². The van der Waals surface area contributed by atoms with Gasteiger partial charge in [0.1, 0.15) is 5.65 Å². The zero-order valence-electron chi connectivity index (χ0n) is 15.1. The van der Waals surface area contributed by atoms with E-state index in [9.17, 15) is 0 Å². The zero-order valence-corrected chi connectivity index (χ0v) is 15.9. The van der Waals surface area contributed by atoms with Crippen molar-refractivity contribution in [2.75, 3.05) is 13.2 Å². The van der Waals surface area contributed by atoms with Crippen molar-refractivity contribution < 1.29 is 4.74 Å². The molecule has 134 valence electrons. The highest BCUT2D eigenvalue weighted by atomic mass is 32.1. The number of aryl methyl sites for hydroxylation is 1. The summed E-state index contributed by atoms with van der Waals surface area (Å²) in [6, 6.07) is 6.51. The van der Waals surface area contributed by atoms with Gasteiger partial charge in [-0.3, -0.25) is 0 Å². The van der Waals surface area contributed by atoms with Crippen LogP contribution in [0.15, 0.2) is 36.8 Å². The van der Waals surface area contributed by atoms with Crippen LogP contribution in [0.25, 0.3) is 32.2 Å². The Morgan fingerprint density at radius 3 is 2.96 bits per heavy atom. The number of H-pyrrole nitrogens is 1. The standard InChI is InChI=1S/C22H19N3OS/c1-14-11-24-22-21(14)18-10-16(3-4-17(18)12-25-22)19-13-23-20(27-19)5-2-15-6-8-26-9-7-15/h3-4,10-13,15H,6-9H2,1H3,(H,24,25). The Labute approximate surface area is 161 Å². The van der Waals surface area contributed by atoms with E-state index >= 15 is 0 Å². The van der Waals surface area contributed by atoms with Crippen LogP contribution in [0, 0.1) is 24.7 Å². The van der Waals surface area contributed by atoms with Gasteiger partial charge in [-0.1, -0.05) is 18.1 Å². The SMILES string of the molecule is Cc1c[nH]c2ncc3ccc(-c4cnc(C#CC5CCOCC5)s4)cc3c12. The zero-order chi connectivity index (χ0) is 18.2. The quantitative estimate of drug-likeness (QED) is 0.482. The van der Waals surface area contributed by atoms with Crippen molar-refractivity contribution in [1.82, 2.24) is 15.0 Å². The fourth-order valence-corrected chi connectivity index (χ4v) is 4.37. The number of hydrogen-bond donors (Lipinski definition) is 1. The molecule has 0 saturated carbocycles. The van der Waals surface area contributed by atoms with Crippen LogP contribution in [0.2, 0.25) is 0 Å². The fraction of sp³-hybridized carbons (Fsp3) is 0.273. The first-order valence-electron chi connectivity index (χ1n) is 9.20. The Hall–Kier alpha value is -2.68. The largest absolute Gasteiger partial charge is 0.381 e. The molecule has 4 aromatic rings. The van der Waals surface area contributed by atoms with E-state index < -0.39 is 0 Å². The molecule has 1 fully saturated rings. The highest BCUT2D eigenvalue weighted by Crippen LogP contribution is 2.32. The lowest BCUT2D eigenvalue weighted by atomic mass is 10.0. The molecule has 1 aromatic carbocycles. The summed E-state index contributed by atoms with van der Waals surface area (Å²) in [5.41, 5.74) is 3.32. The van der Waals surface area contributed by atoms with Gasteiger partial charge in [0.2, 0.25) is 0 Å². The molecule has 1 N–H and O–H groups in total. The molecule has 0 radical (unpaired) electrons. The highest BCUT2D eigenvalue weighted by Gasteiger charge is 2.12. The highest BCUT2D eigenvalue weighted by molar-refractivity contribution is 7.15. The summed E-state index contributed by atoms with van der Waals surface area (Å²) in [5, 5.41) is 4.45. The van der Waals surface area contributed by atoms with Crippen molar-refractivity contribution in [1.29, 1.82) is 0 Å². The second kappa shape index (κ2) is 6.80. The molecule has 4 nitrogen and oxygen atoms in total. The number of thiazole rings is 1. The molecule has 0 aliphatic carbocycles. The predicted molar refractivity (Wildman–Crippen MR) is 110 cm³/mol. The maximum atomic E-state index is 5.39. The first kappa shape index (κ1) is 16.5. The lowest BCUT2D eigenvalue weighted by Gasteiger charge is -2.16. The first-order chi connectivity index (χ1) is 13.3. The van der Waals surface area contributed by atoms with Gasteiger partial charge in [0, 0.05) is 48.5 Å². The Morgan fingerprint density at radius 1 is 1.19 bits per heavy atom. The molecule has 0 unspecified atom stereocenters. The van der Waals surface area contributed by atoms with Crippen LogP contribution in [0.4, 0.5) is 0 Å². The van der Waals surface area contributed by atoms with E-state index in [4.69, 9.17) is 4.74 Å². The van der Waals surface area contributed by atoms with E-state index in [0.29, 0.717) is 5.92 Å². The van der Waals surface area contributed by atoms with E-state index in [1.165, 1.54) is 21.9 Å². The number of hydrogen-bond acceptors (Lipinski definition) is 4. The minimum atomic E-state index is 0.434. The summed E-state index contributed by atoms with van der Waals surface area (Å²) in [6.45, 7) is 3.76. The van der Waals surface area contributed by atoms with Crippen LogP contribution in [0.5, 0.6) is 0 Å². The summed E-state index contributed by atoms with van der Waals surface area (Å²) in [4.78, 5) is 13.4. The van der Waals surface area contributed by atoms with Gasteiger partial charge in [-0.15, -0.1) is 11.3 Å². The molecule has 5 rings (SSSR count). The van der Waals surface area contributed by atoms with E-state index in [0.717, 1.165) is 47.0 Å². The summed E-state index contributed by atoms with van der Waals surface area (Å²) in [5.74, 6) is 7.06. The number of pyridine rings is 1. The molecular weight excluding hydrogens is 354 g/mol. The number of rotatable bonds is 1. The molecule has 5 heteroatoms. The number of aromatic amines is 1. The second-order valence-electron chi connectivity index (χ2n) is 6.94. The summed E-state index contributed by atoms with van der Waals surface area (Å²) in [6.07, 6.45) is 7.92. The average Bonchev–Trinajstić information content (AvgIpc) is 3.34. The van der Waals surface area contributed by atoms with Gasteiger partial charge in [-0.25, -0.2) is 9.97 Å². The van der Waals surface area contributed by atoms with Crippen molar-refractivity contribution in [3.63, 3.8) is 0 Å². The maximum Gasteiger partial charge on any atom is 0.167 e. The van der Waals surface area contributed by atoms with Crippen molar-refractivity contribution in [2.45, 2.75) is 19.8 Å². The molecule has 1 aliphatic heterocycles. The van der Waals surface area contributed by atoms with Crippen LogP contribution in [-0.2, 0) is 4.74 Å². The van der Waals surface area contributed by atoms with Gasteiger partial charge in [0.05, 0.1) is 4.88 Å². The number of aromatic nitrogens is 3. The molecule has 27 heavy (non-hydrogen) atoms. The Balaban J connectivity index is 1.50. The third kappa shape index (κ3) is 3.12. The number of nitrogens with zero attached hydrogens (tertiary/aromatic N) is 2. The summed E-state index contributed by atoms with van der Waals surface area (Å²) >= 11 is 1.66. The molecular formula is C22H19N3OS. The molecule has 0 atom stereocenters. The Kier molecular flexibility index (Phi) is 4.16. The monoisotopic (exact) mass is 373 g/mol. The normalized spacial score (nSPS) is 15.1. The van der Waals surface area contributed by atoms with Crippen LogP contribution in [0.3, 0.4) is 0 Å².